The van der Waals surface area contributed by atoms with Gasteiger partial charge in [-0.05, 0) is 37.6 Å². The van der Waals surface area contributed by atoms with Gasteiger partial charge in [-0.25, -0.2) is 0 Å². The number of hydrogen-bond donors (Lipinski definition) is 2. The van der Waals surface area contributed by atoms with Crippen LogP contribution in [-0.2, 0) is 4.79 Å². The molecule has 2 rings (SSSR count). The Morgan fingerprint density at radius 1 is 0.818 bits per heavy atom. The molecule has 0 aliphatic carbocycles. The van der Waals surface area contributed by atoms with Crippen molar-refractivity contribution >= 4 is 17.9 Å². The smallest absolute Gasteiger partial charge is 0.268 e. The maximum atomic E-state index is 11.8. The van der Waals surface area contributed by atoms with E-state index in [1.165, 1.54) is 6.08 Å². The number of hydrogen-bond acceptors (Lipinski definition) is 2. The van der Waals surface area contributed by atoms with Crippen LogP contribution in [0, 0.1) is 13.8 Å². The molecule has 0 fully saturated rings. The van der Waals surface area contributed by atoms with Crippen LogP contribution < -0.4 is 10.9 Å². The number of hydrazine groups is 1. The van der Waals surface area contributed by atoms with Crippen molar-refractivity contribution in [3.63, 3.8) is 0 Å². The molecule has 0 unspecified atom stereocenters. The Bertz CT molecular complexity index is 686. The molecule has 0 aliphatic heterocycles. The van der Waals surface area contributed by atoms with Gasteiger partial charge in [-0.1, -0.05) is 47.5 Å². The van der Waals surface area contributed by atoms with Crippen LogP contribution in [0.25, 0.3) is 6.08 Å². The van der Waals surface area contributed by atoms with E-state index in [9.17, 15) is 9.59 Å². The molecule has 2 N–H and O–H groups in total. The van der Waals surface area contributed by atoms with Gasteiger partial charge in [0.05, 0.1) is 0 Å². The predicted octanol–water partition coefficient (Wildman–Crippen LogP) is 2.78. The lowest BCUT2D eigenvalue weighted by molar-refractivity contribution is -0.117. The summed E-state index contributed by atoms with van der Waals surface area (Å²) in [6, 6.07) is 14.9. The molecule has 0 saturated carbocycles. The standard InChI is InChI=1S/C18H18N2O2/c1-13-3-7-15(8-4-13)9-12-17(21)19-20-18(22)16-10-5-14(2)6-11-16/h3-12H,1-2H3,(H,19,21)(H,20,22)/b12-9+. The minimum Gasteiger partial charge on any atom is -0.268 e. The molecule has 0 spiro atoms. The van der Waals surface area contributed by atoms with Crippen LogP contribution in [-0.4, -0.2) is 11.8 Å². The second-order valence-electron chi connectivity index (χ2n) is 5.05. The average Bonchev–Trinajstić information content (AvgIpc) is 2.52. The fourth-order valence-corrected chi connectivity index (χ4v) is 1.79. The van der Waals surface area contributed by atoms with Crippen LogP contribution in [0.15, 0.2) is 54.6 Å². The van der Waals surface area contributed by atoms with Crippen LogP contribution >= 0.6 is 0 Å². The van der Waals surface area contributed by atoms with Crippen molar-refractivity contribution in [1.82, 2.24) is 10.9 Å². The Kier molecular flexibility index (Phi) is 5.09. The molecule has 0 saturated heterocycles. The zero-order valence-electron chi connectivity index (χ0n) is 12.6. The first kappa shape index (κ1) is 15.5. The molecule has 22 heavy (non-hydrogen) atoms. The minimum absolute atomic E-state index is 0.350. The van der Waals surface area contributed by atoms with Gasteiger partial charge in [-0.15, -0.1) is 0 Å². The van der Waals surface area contributed by atoms with Crippen molar-refractivity contribution in [2.45, 2.75) is 13.8 Å². The summed E-state index contributed by atoms with van der Waals surface area (Å²) in [4.78, 5) is 23.5. The zero-order valence-corrected chi connectivity index (χ0v) is 12.6. The summed E-state index contributed by atoms with van der Waals surface area (Å²) in [6.07, 6.45) is 3.06. The first-order chi connectivity index (χ1) is 10.5. The Morgan fingerprint density at radius 2 is 1.36 bits per heavy atom. The zero-order chi connectivity index (χ0) is 15.9. The van der Waals surface area contributed by atoms with Gasteiger partial charge in [0.1, 0.15) is 0 Å². The fourth-order valence-electron chi connectivity index (χ4n) is 1.79. The van der Waals surface area contributed by atoms with E-state index in [0.29, 0.717) is 5.56 Å². The molecule has 2 aromatic rings. The molecule has 112 valence electrons. The maximum Gasteiger partial charge on any atom is 0.269 e. The third-order valence-corrected chi connectivity index (χ3v) is 3.12. The first-order valence-electron chi connectivity index (χ1n) is 6.96. The molecular formula is C18H18N2O2. The highest BCUT2D eigenvalue weighted by Crippen LogP contribution is 2.05. The maximum absolute atomic E-state index is 11.8. The molecule has 0 radical (unpaired) electrons. The highest BCUT2D eigenvalue weighted by atomic mass is 16.2. The minimum atomic E-state index is -0.388. The average molecular weight is 294 g/mol. The molecule has 0 atom stereocenters. The highest BCUT2D eigenvalue weighted by molar-refractivity contribution is 5.97. The van der Waals surface area contributed by atoms with E-state index in [1.54, 1.807) is 18.2 Å². The summed E-state index contributed by atoms with van der Waals surface area (Å²) in [5, 5.41) is 0. The van der Waals surface area contributed by atoms with E-state index >= 15 is 0 Å². The number of carbonyl (C=O) groups is 2. The molecule has 0 aliphatic rings. The van der Waals surface area contributed by atoms with E-state index in [0.717, 1.165) is 16.7 Å². The quantitative estimate of drug-likeness (QED) is 0.675. The normalized spacial score (nSPS) is 10.5. The fraction of sp³-hybridized carbons (Fsp3) is 0.111. The second-order valence-corrected chi connectivity index (χ2v) is 5.05. The van der Waals surface area contributed by atoms with Crippen molar-refractivity contribution in [2.24, 2.45) is 0 Å². The highest BCUT2D eigenvalue weighted by Gasteiger charge is 2.05. The first-order valence-corrected chi connectivity index (χ1v) is 6.96. The summed E-state index contributed by atoms with van der Waals surface area (Å²) in [5.41, 5.74) is 8.37. The summed E-state index contributed by atoms with van der Waals surface area (Å²) in [6.45, 7) is 3.94. The molecule has 4 nitrogen and oxygen atoms in total. The SMILES string of the molecule is Cc1ccc(/C=C/C(=O)NNC(=O)c2ccc(C)cc2)cc1. The molecular weight excluding hydrogens is 276 g/mol. The van der Waals surface area contributed by atoms with E-state index < -0.39 is 0 Å². The van der Waals surface area contributed by atoms with E-state index in [1.807, 2.05) is 50.2 Å². The van der Waals surface area contributed by atoms with Gasteiger partial charge >= 0.3 is 0 Å². The summed E-state index contributed by atoms with van der Waals surface area (Å²) < 4.78 is 0. The van der Waals surface area contributed by atoms with Gasteiger partial charge in [0.25, 0.3) is 11.8 Å². The molecule has 2 amide bonds. The number of benzene rings is 2. The Balaban J connectivity index is 1.86. The lowest BCUT2D eigenvalue weighted by Gasteiger charge is -2.05. The monoisotopic (exact) mass is 294 g/mol. The molecule has 2 aromatic carbocycles. The number of nitrogens with one attached hydrogen (secondary N) is 2. The molecule has 4 heteroatoms. The van der Waals surface area contributed by atoms with Gasteiger partial charge in [0, 0.05) is 11.6 Å². The number of rotatable bonds is 3. The van der Waals surface area contributed by atoms with E-state index in [4.69, 9.17) is 0 Å². The van der Waals surface area contributed by atoms with Crippen molar-refractivity contribution in [1.29, 1.82) is 0 Å². The number of aryl methyl sites for hydroxylation is 2. The van der Waals surface area contributed by atoms with Crippen molar-refractivity contribution in [3.8, 4) is 0 Å². The van der Waals surface area contributed by atoms with Gasteiger partial charge < -0.3 is 0 Å². The van der Waals surface area contributed by atoms with E-state index in [2.05, 4.69) is 10.9 Å². The second kappa shape index (κ2) is 7.22. The lowest BCUT2D eigenvalue weighted by Crippen LogP contribution is -2.40. The molecule has 0 aromatic heterocycles. The van der Waals surface area contributed by atoms with Crippen LogP contribution in [0.4, 0.5) is 0 Å². The Labute approximate surface area is 129 Å². The number of carbonyl (C=O) groups excluding carboxylic acids is 2. The van der Waals surface area contributed by atoms with Crippen LogP contribution in [0.2, 0.25) is 0 Å². The topological polar surface area (TPSA) is 58.2 Å². The van der Waals surface area contributed by atoms with Crippen molar-refractivity contribution < 1.29 is 9.59 Å². The summed E-state index contributed by atoms with van der Waals surface area (Å²) in [7, 11) is 0. The molecule has 0 bridgehead atoms. The Hall–Kier alpha value is -2.88. The van der Waals surface area contributed by atoms with Gasteiger partial charge in [-0.3, -0.25) is 20.4 Å². The Morgan fingerprint density at radius 3 is 1.95 bits per heavy atom. The van der Waals surface area contributed by atoms with Crippen molar-refractivity contribution in [2.75, 3.05) is 0 Å². The van der Waals surface area contributed by atoms with Crippen LogP contribution in [0.1, 0.15) is 27.0 Å². The third-order valence-electron chi connectivity index (χ3n) is 3.12. The largest absolute Gasteiger partial charge is 0.269 e. The van der Waals surface area contributed by atoms with E-state index in [-0.39, 0.29) is 11.8 Å². The number of amides is 2. The van der Waals surface area contributed by atoms with Crippen LogP contribution in [0.5, 0.6) is 0 Å². The summed E-state index contributed by atoms with van der Waals surface area (Å²) >= 11 is 0. The lowest BCUT2D eigenvalue weighted by atomic mass is 10.1. The van der Waals surface area contributed by atoms with Gasteiger partial charge in [0.15, 0.2) is 0 Å². The molecule has 0 heterocycles. The summed E-state index contributed by atoms with van der Waals surface area (Å²) in [5.74, 6) is -0.738. The van der Waals surface area contributed by atoms with Gasteiger partial charge in [-0.2, -0.15) is 0 Å². The van der Waals surface area contributed by atoms with Crippen molar-refractivity contribution in [3.05, 3.63) is 76.9 Å². The third kappa shape index (κ3) is 4.59. The predicted molar refractivity (Wildman–Crippen MR) is 87.0 cm³/mol. The van der Waals surface area contributed by atoms with Gasteiger partial charge in [0.2, 0.25) is 0 Å². The van der Waals surface area contributed by atoms with Crippen LogP contribution in [0.3, 0.4) is 0 Å².